The molecule has 1 heterocycles. The van der Waals surface area contributed by atoms with E-state index in [1.54, 1.807) is 13.8 Å². The highest BCUT2D eigenvalue weighted by atomic mass is 32.2. The second kappa shape index (κ2) is 10.2. The summed E-state index contributed by atoms with van der Waals surface area (Å²) in [7, 11) is -4.22. The van der Waals surface area contributed by atoms with Crippen molar-refractivity contribution in [1.82, 2.24) is 0 Å². The van der Waals surface area contributed by atoms with E-state index < -0.39 is 50.5 Å². The summed E-state index contributed by atoms with van der Waals surface area (Å²) in [5.74, 6) is -1.50. The topological polar surface area (TPSA) is 95.9 Å². The number of hydrogen-bond donors (Lipinski definition) is 2. The zero-order chi connectivity index (χ0) is 31.5. The molecule has 1 aliphatic heterocycles. The van der Waals surface area contributed by atoms with Gasteiger partial charge in [-0.05, 0) is 55.8 Å². The second-order valence-corrected chi connectivity index (χ2v) is 11.9. The Morgan fingerprint density at radius 2 is 1.55 bits per heavy atom. The van der Waals surface area contributed by atoms with E-state index in [2.05, 4.69) is 4.72 Å². The lowest BCUT2D eigenvalue weighted by Gasteiger charge is -2.39. The number of ether oxygens (including phenoxy) is 1. The standard InChI is InChI=1S/C27H23F7N2O5S/c1-15(37)36-14-24(2,3)41-23-11-9-19(13-22(23)36)42(39,40)35-18-7-4-16(5-8-18)20-10-6-17(12-21(20)28)25(38,26(29,30)31)27(32,33)34/h4-13,35,38H,14H2,1-3H3. The third-order valence-electron chi connectivity index (χ3n) is 6.49. The number of halogens is 7. The van der Waals surface area contributed by atoms with E-state index in [1.807, 2.05) is 0 Å². The Balaban J connectivity index is 1.60. The molecule has 0 saturated carbocycles. The molecule has 42 heavy (non-hydrogen) atoms. The SMILES string of the molecule is CC(=O)N1CC(C)(C)Oc2ccc(S(=O)(=O)Nc3ccc(-c4ccc(C(O)(C(F)(F)F)C(F)(F)F)cc4F)cc3)cc21. The number of rotatable bonds is 5. The van der Waals surface area contributed by atoms with Crippen LogP contribution in [0.1, 0.15) is 26.3 Å². The molecule has 0 bridgehead atoms. The van der Waals surface area contributed by atoms with Crippen LogP contribution in [0.25, 0.3) is 11.1 Å². The van der Waals surface area contributed by atoms with Crippen molar-refractivity contribution in [1.29, 1.82) is 0 Å². The number of aliphatic hydroxyl groups is 1. The van der Waals surface area contributed by atoms with Gasteiger partial charge in [-0.2, -0.15) is 26.3 Å². The van der Waals surface area contributed by atoms with E-state index in [-0.39, 0.29) is 40.4 Å². The molecule has 0 aliphatic carbocycles. The summed E-state index contributed by atoms with van der Waals surface area (Å²) in [6, 6.07) is 9.63. The summed E-state index contributed by atoms with van der Waals surface area (Å²) >= 11 is 0. The fourth-order valence-corrected chi connectivity index (χ4v) is 5.51. The van der Waals surface area contributed by atoms with Crippen LogP contribution in [-0.2, 0) is 20.4 Å². The molecule has 3 aromatic rings. The summed E-state index contributed by atoms with van der Waals surface area (Å²) in [6.45, 7) is 5.05. The molecule has 0 aromatic heterocycles. The molecule has 0 spiro atoms. The molecule has 226 valence electrons. The molecule has 2 N–H and O–H groups in total. The van der Waals surface area contributed by atoms with Crippen LogP contribution in [0.3, 0.4) is 0 Å². The average Bonchev–Trinajstić information content (AvgIpc) is 2.85. The van der Waals surface area contributed by atoms with E-state index in [1.165, 1.54) is 54.3 Å². The molecule has 3 aromatic carbocycles. The molecule has 1 amide bonds. The van der Waals surface area contributed by atoms with Gasteiger partial charge in [0, 0.05) is 23.7 Å². The van der Waals surface area contributed by atoms with Crippen molar-refractivity contribution in [3.63, 3.8) is 0 Å². The van der Waals surface area contributed by atoms with E-state index in [4.69, 9.17) is 4.74 Å². The first-order valence-electron chi connectivity index (χ1n) is 12.1. The van der Waals surface area contributed by atoms with Gasteiger partial charge in [0.25, 0.3) is 15.6 Å². The molecule has 0 radical (unpaired) electrons. The minimum absolute atomic E-state index is 0.00201. The van der Waals surface area contributed by atoms with Crippen LogP contribution in [0.2, 0.25) is 0 Å². The number of sulfonamides is 1. The fraction of sp³-hybridized carbons (Fsp3) is 0.296. The van der Waals surface area contributed by atoms with Gasteiger partial charge >= 0.3 is 12.4 Å². The van der Waals surface area contributed by atoms with Crippen LogP contribution >= 0.6 is 0 Å². The monoisotopic (exact) mass is 620 g/mol. The van der Waals surface area contributed by atoms with Gasteiger partial charge in [-0.15, -0.1) is 0 Å². The molecule has 0 unspecified atom stereocenters. The summed E-state index contributed by atoms with van der Waals surface area (Å²) in [4.78, 5) is 13.4. The number of carbonyl (C=O) groups excluding carboxylic acids is 1. The van der Waals surface area contributed by atoms with Gasteiger partial charge in [0.05, 0.1) is 17.1 Å². The first-order chi connectivity index (χ1) is 19.2. The Morgan fingerprint density at radius 1 is 0.952 bits per heavy atom. The van der Waals surface area contributed by atoms with Crippen molar-refractivity contribution in [3.05, 3.63) is 72.0 Å². The molecule has 1 aliphatic rings. The van der Waals surface area contributed by atoms with Crippen molar-refractivity contribution in [3.8, 4) is 16.9 Å². The van der Waals surface area contributed by atoms with Crippen molar-refractivity contribution in [2.24, 2.45) is 0 Å². The molecule has 4 rings (SSSR count). The Kier molecular flexibility index (Phi) is 7.52. The number of carbonyl (C=O) groups is 1. The smallest absolute Gasteiger partial charge is 0.430 e. The van der Waals surface area contributed by atoms with Crippen LogP contribution in [0, 0.1) is 5.82 Å². The highest BCUT2D eigenvalue weighted by Crippen LogP contribution is 2.50. The Hall–Kier alpha value is -3.85. The molecular formula is C27H23F7N2O5S. The van der Waals surface area contributed by atoms with E-state index >= 15 is 0 Å². The van der Waals surface area contributed by atoms with Gasteiger partial charge in [0.2, 0.25) is 5.91 Å². The number of alkyl halides is 6. The van der Waals surface area contributed by atoms with Crippen LogP contribution in [0.15, 0.2) is 65.6 Å². The quantitative estimate of drug-likeness (QED) is 0.335. The van der Waals surface area contributed by atoms with Gasteiger partial charge in [-0.1, -0.05) is 24.3 Å². The van der Waals surface area contributed by atoms with Crippen molar-refractivity contribution >= 4 is 27.3 Å². The average molecular weight is 621 g/mol. The zero-order valence-electron chi connectivity index (χ0n) is 22.1. The molecule has 0 atom stereocenters. The molecule has 0 saturated heterocycles. The first kappa shape index (κ1) is 31.1. The Bertz CT molecular complexity index is 1620. The maximum absolute atomic E-state index is 14.7. The van der Waals surface area contributed by atoms with Gasteiger partial charge < -0.3 is 14.7 Å². The third-order valence-corrected chi connectivity index (χ3v) is 7.87. The minimum Gasteiger partial charge on any atom is -0.484 e. The second-order valence-electron chi connectivity index (χ2n) is 10.2. The number of nitrogens with one attached hydrogen (secondary N) is 1. The van der Waals surface area contributed by atoms with Crippen molar-refractivity contribution in [2.75, 3.05) is 16.2 Å². The zero-order valence-corrected chi connectivity index (χ0v) is 22.9. The van der Waals surface area contributed by atoms with E-state index in [0.717, 1.165) is 0 Å². The van der Waals surface area contributed by atoms with Crippen molar-refractivity contribution < 1.29 is 53.8 Å². The maximum atomic E-state index is 14.7. The summed E-state index contributed by atoms with van der Waals surface area (Å²) in [5, 5.41) is 9.50. The van der Waals surface area contributed by atoms with Gasteiger partial charge in [0.1, 0.15) is 17.2 Å². The van der Waals surface area contributed by atoms with Crippen LogP contribution < -0.4 is 14.4 Å². The number of anilines is 2. The highest BCUT2D eigenvalue weighted by Gasteiger charge is 2.71. The van der Waals surface area contributed by atoms with Gasteiger partial charge in [-0.25, -0.2) is 12.8 Å². The van der Waals surface area contributed by atoms with Gasteiger partial charge in [0.15, 0.2) is 0 Å². The number of fused-ring (bicyclic) bond motifs is 1. The lowest BCUT2D eigenvalue weighted by molar-refractivity contribution is -0.376. The normalized spacial score (nSPS) is 15.5. The van der Waals surface area contributed by atoms with Gasteiger partial charge in [-0.3, -0.25) is 9.52 Å². The van der Waals surface area contributed by atoms with Crippen LogP contribution in [-0.4, -0.2) is 43.9 Å². The molecule has 15 heteroatoms. The van der Waals surface area contributed by atoms with Crippen molar-refractivity contribution in [2.45, 2.75) is 49.2 Å². The summed E-state index contributed by atoms with van der Waals surface area (Å²) in [5.41, 5.74) is -7.91. The molecule has 7 nitrogen and oxygen atoms in total. The lowest BCUT2D eigenvalue weighted by Crippen LogP contribution is -2.53. The van der Waals surface area contributed by atoms with E-state index in [0.29, 0.717) is 17.9 Å². The minimum atomic E-state index is -6.18. The number of nitrogens with zero attached hydrogens (tertiary/aromatic N) is 1. The summed E-state index contributed by atoms with van der Waals surface area (Å²) < 4.78 is 128. The number of amides is 1. The summed E-state index contributed by atoms with van der Waals surface area (Å²) in [6.07, 6.45) is -12.4. The Morgan fingerprint density at radius 3 is 2.07 bits per heavy atom. The van der Waals surface area contributed by atoms with Crippen LogP contribution in [0.5, 0.6) is 5.75 Å². The largest absolute Gasteiger partial charge is 0.484 e. The van der Waals surface area contributed by atoms with Crippen LogP contribution in [0.4, 0.5) is 42.1 Å². The molecular weight excluding hydrogens is 597 g/mol. The molecule has 0 fully saturated rings. The first-order valence-corrected chi connectivity index (χ1v) is 13.5. The lowest BCUT2D eigenvalue weighted by atomic mass is 9.90. The van der Waals surface area contributed by atoms with E-state index in [9.17, 15) is 49.1 Å². The highest BCUT2D eigenvalue weighted by molar-refractivity contribution is 7.92. The third kappa shape index (κ3) is 5.62. The number of benzene rings is 3. The predicted molar refractivity (Wildman–Crippen MR) is 138 cm³/mol. The fourth-order valence-electron chi connectivity index (χ4n) is 4.43. The maximum Gasteiger partial charge on any atom is 0.430 e. The number of hydrogen-bond acceptors (Lipinski definition) is 5. The Labute approximate surface area is 235 Å². The predicted octanol–water partition coefficient (Wildman–Crippen LogP) is 6.13.